The first-order chi connectivity index (χ1) is 10.7. The highest BCUT2D eigenvalue weighted by atomic mass is 16.2. The first-order valence-corrected chi connectivity index (χ1v) is 8.01. The van der Waals surface area contributed by atoms with Crippen LogP contribution in [0.5, 0.6) is 0 Å². The van der Waals surface area contributed by atoms with Gasteiger partial charge < -0.3 is 16.0 Å². The first-order valence-electron chi connectivity index (χ1n) is 8.01. The number of rotatable bonds is 4. The van der Waals surface area contributed by atoms with Gasteiger partial charge in [-0.1, -0.05) is 30.3 Å². The van der Waals surface area contributed by atoms with E-state index >= 15 is 0 Å². The van der Waals surface area contributed by atoms with E-state index in [2.05, 4.69) is 16.0 Å². The van der Waals surface area contributed by atoms with Crippen LogP contribution >= 0.6 is 0 Å². The standard InChI is InChI=1S/C17H23N3O2/c21-14(7-6-13-4-2-1-3-5-13)20-15-16(22)19-12-17(15)8-10-18-11-9-17/h1-5,15,18H,6-12H2,(H,19,22)(H,20,21). The molecule has 0 bridgehead atoms. The van der Waals surface area contributed by atoms with Gasteiger partial charge in [-0.2, -0.15) is 0 Å². The van der Waals surface area contributed by atoms with Crippen molar-refractivity contribution < 1.29 is 9.59 Å². The van der Waals surface area contributed by atoms with E-state index < -0.39 is 0 Å². The lowest BCUT2D eigenvalue weighted by Crippen LogP contribution is -2.53. The molecule has 5 heteroatoms. The lowest BCUT2D eigenvalue weighted by atomic mass is 9.74. The third-order valence-electron chi connectivity index (χ3n) is 4.88. The average molecular weight is 301 g/mol. The highest BCUT2D eigenvalue weighted by molar-refractivity contribution is 5.90. The first kappa shape index (κ1) is 15.0. The molecule has 2 heterocycles. The van der Waals surface area contributed by atoms with Crippen molar-refractivity contribution in [2.24, 2.45) is 5.41 Å². The molecular formula is C17H23N3O2. The summed E-state index contributed by atoms with van der Waals surface area (Å²) < 4.78 is 0. The molecular weight excluding hydrogens is 278 g/mol. The summed E-state index contributed by atoms with van der Waals surface area (Å²) in [5.74, 6) is -0.0706. The van der Waals surface area contributed by atoms with Gasteiger partial charge in [-0.3, -0.25) is 9.59 Å². The van der Waals surface area contributed by atoms with Gasteiger partial charge >= 0.3 is 0 Å². The fraction of sp³-hybridized carbons (Fsp3) is 0.529. The van der Waals surface area contributed by atoms with Crippen molar-refractivity contribution in [2.75, 3.05) is 19.6 Å². The van der Waals surface area contributed by atoms with Crippen molar-refractivity contribution in [3.05, 3.63) is 35.9 Å². The number of nitrogens with one attached hydrogen (secondary N) is 3. The molecule has 0 saturated carbocycles. The van der Waals surface area contributed by atoms with Crippen LogP contribution in [-0.4, -0.2) is 37.5 Å². The zero-order valence-corrected chi connectivity index (χ0v) is 12.7. The van der Waals surface area contributed by atoms with Crippen LogP contribution in [0.15, 0.2) is 30.3 Å². The second kappa shape index (κ2) is 6.48. The molecule has 2 amide bonds. The number of carbonyl (C=O) groups excluding carboxylic acids is 2. The molecule has 2 saturated heterocycles. The molecule has 1 atom stereocenters. The van der Waals surface area contributed by atoms with Crippen LogP contribution in [0.3, 0.4) is 0 Å². The molecule has 3 N–H and O–H groups in total. The highest BCUT2D eigenvalue weighted by Gasteiger charge is 2.49. The van der Waals surface area contributed by atoms with Gasteiger partial charge in [0.05, 0.1) is 0 Å². The number of piperidine rings is 1. The molecule has 1 aromatic carbocycles. The molecule has 3 rings (SSSR count). The summed E-state index contributed by atoms with van der Waals surface area (Å²) in [6.45, 7) is 2.49. The van der Waals surface area contributed by atoms with Crippen LogP contribution < -0.4 is 16.0 Å². The molecule has 1 unspecified atom stereocenters. The predicted octanol–water partition coefficient (Wildman–Crippen LogP) is 0.604. The van der Waals surface area contributed by atoms with E-state index in [-0.39, 0.29) is 23.3 Å². The van der Waals surface area contributed by atoms with Crippen LogP contribution in [-0.2, 0) is 16.0 Å². The number of aryl methyl sites for hydroxylation is 1. The Labute approximate surface area is 130 Å². The molecule has 2 aliphatic heterocycles. The Morgan fingerprint density at radius 1 is 1.23 bits per heavy atom. The lowest BCUT2D eigenvalue weighted by Gasteiger charge is -2.37. The van der Waals surface area contributed by atoms with Gasteiger partial charge in [0.25, 0.3) is 0 Å². The predicted molar refractivity (Wildman–Crippen MR) is 84.2 cm³/mol. The zero-order chi connectivity index (χ0) is 15.4. The van der Waals surface area contributed by atoms with E-state index in [1.807, 2.05) is 30.3 Å². The molecule has 1 aromatic rings. The monoisotopic (exact) mass is 301 g/mol. The molecule has 0 aromatic heterocycles. The third-order valence-corrected chi connectivity index (χ3v) is 4.88. The van der Waals surface area contributed by atoms with Crippen molar-refractivity contribution in [1.82, 2.24) is 16.0 Å². The summed E-state index contributed by atoms with van der Waals surface area (Å²) in [5.41, 5.74) is 1.04. The Morgan fingerprint density at radius 2 is 1.95 bits per heavy atom. The topological polar surface area (TPSA) is 70.2 Å². The summed E-state index contributed by atoms with van der Waals surface area (Å²) in [7, 11) is 0. The van der Waals surface area contributed by atoms with Gasteiger partial charge in [0.15, 0.2) is 0 Å². The Morgan fingerprint density at radius 3 is 2.68 bits per heavy atom. The maximum Gasteiger partial charge on any atom is 0.243 e. The normalized spacial score (nSPS) is 23.3. The van der Waals surface area contributed by atoms with Crippen LogP contribution in [0.1, 0.15) is 24.8 Å². The van der Waals surface area contributed by atoms with Crippen molar-refractivity contribution >= 4 is 11.8 Å². The van der Waals surface area contributed by atoms with Crippen molar-refractivity contribution in [2.45, 2.75) is 31.7 Å². The number of amides is 2. The average Bonchev–Trinajstić information content (AvgIpc) is 2.84. The van der Waals surface area contributed by atoms with E-state index in [1.54, 1.807) is 0 Å². The second-order valence-electron chi connectivity index (χ2n) is 6.32. The van der Waals surface area contributed by atoms with Gasteiger partial charge in [0, 0.05) is 18.4 Å². The minimum atomic E-state index is -0.377. The van der Waals surface area contributed by atoms with Crippen molar-refractivity contribution in [3.8, 4) is 0 Å². The number of carbonyl (C=O) groups is 2. The van der Waals surface area contributed by atoms with Gasteiger partial charge in [0.2, 0.25) is 11.8 Å². The smallest absolute Gasteiger partial charge is 0.243 e. The Bertz CT molecular complexity index is 538. The van der Waals surface area contributed by atoms with E-state index in [0.717, 1.165) is 31.5 Å². The van der Waals surface area contributed by atoms with E-state index in [4.69, 9.17) is 0 Å². The quantitative estimate of drug-likeness (QED) is 0.763. The number of hydrogen-bond acceptors (Lipinski definition) is 3. The van der Waals surface area contributed by atoms with Gasteiger partial charge in [-0.25, -0.2) is 0 Å². The van der Waals surface area contributed by atoms with E-state index in [1.165, 1.54) is 0 Å². The Kier molecular flexibility index (Phi) is 4.43. The molecule has 0 aliphatic carbocycles. The summed E-state index contributed by atoms with van der Waals surface area (Å²) in [6, 6.07) is 9.57. The van der Waals surface area contributed by atoms with Crippen LogP contribution in [0.4, 0.5) is 0 Å². The van der Waals surface area contributed by atoms with Crippen LogP contribution in [0.2, 0.25) is 0 Å². The van der Waals surface area contributed by atoms with Crippen LogP contribution in [0.25, 0.3) is 0 Å². The number of benzene rings is 1. The zero-order valence-electron chi connectivity index (χ0n) is 12.7. The van der Waals surface area contributed by atoms with Gasteiger partial charge in [0.1, 0.15) is 6.04 Å². The van der Waals surface area contributed by atoms with E-state index in [9.17, 15) is 9.59 Å². The number of hydrogen-bond donors (Lipinski definition) is 3. The van der Waals surface area contributed by atoms with E-state index in [0.29, 0.717) is 19.4 Å². The maximum atomic E-state index is 12.2. The van der Waals surface area contributed by atoms with Crippen molar-refractivity contribution in [3.63, 3.8) is 0 Å². The van der Waals surface area contributed by atoms with Crippen molar-refractivity contribution in [1.29, 1.82) is 0 Å². The SMILES string of the molecule is O=C(CCc1ccccc1)NC1C(=O)NCC12CCNCC2. The molecule has 22 heavy (non-hydrogen) atoms. The molecule has 1 spiro atoms. The summed E-state index contributed by atoms with van der Waals surface area (Å²) in [6.07, 6.45) is 2.97. The minimum absolute atomic E-state index is 0.0324. The molecule has 2 aliphatic rings. The molecule has 118 valence electrons. The molecule has 5 nitrogen and oxygen atoms in total. The van der Waals surface area contributed by atoms with Crippen LogP contribution in [0, 0.1) is 5.41 Å². The Hall–Kier alpha value is -1.88. The summed E-state index contributed by atoms with van der Waals surface area (Å²) in [4.78, 5) is 24.3. The summed E-state index contributed by atoms with van der Waals surface area (Å²) >= 11 is 0. The lowest BCUT2D eigenvalue weighted by molar-refractivity contribution is -0.129. The van der Waals surface area contributed by atoms with Gasteiger partial charge in [-0.15, -0.1) is 0 Å². The van der Waals surface area contributed by atoms with Gasteiger partial charge in [-0.05, 0) is 37.9 Å². The largest absolute Gasteiger partial charge is 0.354 e. The fourth-order valence-corrected chi connectivity index (χ4v) is 3.49. The fourth-order valence-electron chi connectivity index (χ4n) is 3.49. The summed E-state index contributed by atoms with van der Waals surface area (Å²) in [5, 5.41) is 9.23. The molecule has 0 radical (unpaired) electrons. The minimum Gasteiger partial charge on any atom is -0.354 e. The third kappa shape index (κ3) is 3.14. The highest BCUT2D eigenvalue weighted by Crippen LogP contribution is 2.35. The second-order valence-corrected chi connectivity index (χ2v) is 6.32. The molecule has 2 fully saturated rings. The Balaban J connectivity index is 1.58. The maximum absolute atomic E-state index is 12.2.